The van der Waals surface area contributed by atoms with Gasteiger partial charge in [-0.25, -0.2) is 4.79 Å². The summed E-state index contributed by atoms with van der Waals surface area (Å²) in [6, 6.07) is 6.75. The van der Waals surface area contributed by atoms with Crippen molar-refractivity contribution >= 4 is 5.97 Å². The van der Waals surface area contributed by atoms with E-state index in [9.17, 15) is 9.59 Å². The van der Waals surface area contributed by atoms with E-state index in [1.807, 2.05) is 0 Å². The predicted molar refractivity (Wildman–Crippen MR) is 97.0 cm³/mol. The molecule has 1 aliphatic heterocycles. The van der Waals surface area contributed by atoms with E-state index < -0.39 is 17.4 Å². The van der Waals surface area contributed by atoms with E-state index in [0.29, 0.717) is 22.8 Å². The molecule has 0 fully saturated rings. The van der Waals surface area contributed by atoms with Crippen LogP contribution in [0, 0.1) is 6.92 Å². The van der Waals surface area contributed by atoms with Gasteiger partial charge < -0.3 is 29.7 Å². The van der Waals surface area contributed by atoms with Crippen molar-refractivity contribution in [3.63, 3.8) is 0 Å². The van der Waals surface area contributed by atoms with Gasteiger partial charge in [0.2, 0.25) is 5.88 Å². The number of pyridine rings is 1. The van der Waals surface area contributed by atoms with Gasteiger partial charge in [-0.3, -0.25) is 4.79 Å². The Morgan fingerprint density at radius 2 is 1.93 bits per heavy atom. The average Bonchev–Trinajstić information content (AvgIpc) is 2.65. The zero-order valence-electron chi connectivity index (χ0n) is 15.4. The molecule has 2 heterocycles. The second-order valence-electron chi connectivity index (χ2n) is 5.97. The Kier molecular flexibility index (Phi) is 4.81. The highest BCUT2D eigenvalue weighted by Gasteiger charge is 2.39. The van der Waals surface area contributed by atoms with Crippen molar-refractivity contribution in [2.24, 2.45) is 5.73 Å². The van der Waals surface area contributed by atoms with Crippen molar-refractivity contribution in [3.8, 4) is 17.2 Å². The summed E-state index contributed by atoms with van der Waals surface area (Å²) >= 11 is 0. The van der Waals surface area contributed by atoms with Gasteiger partial charge in [0, 0.05) is 17.3 Å². The number of H-pyrrole nitrogens is 1. The Hall–Kier alpha value is -3.42. The fourth-order valence-corrected chi connectivity index (χ4v) is 3.19. The first-order chi connectivity index (χ1) is 12.9. The summed E-state index contributed by atoms with van der Waals surface area (Å²) in [6.45, 7) is 1.72. The summed E-state index contributed by atoms with van der Waals surface area (Å²) in [4.78, 5) is 28.0. The molecule has 0 spiro atoms. The lowest BCUT2D eigenvalue weighted by molar-refractivity contribution is -0.136. The van der Waals surface area contributed by atoms with Crippen LogP contribution in [0.5, 0.6) is 17.2 Å². The monoisotopic (exact) mass is 372 g/mol. The van der Waals surface area contributed by atoms with Gasteiger partial charge in [-0.05, 0) is 25.1 Å². The van der Waals surface area contributed by atoms with Crippen molar-refractivity contribution in [2.45, 2.75) is 12.8 Å². The second-order valence-corrected chi connectivity index (χ2v) is 5.97. The highest BCUT2D eigenvalue weighted by molar-refractivity contribution is 5.92. The van der Waals surface area contributed by atoms with E-state index in [2.05, 4.69) is 4.98 Å². The summed E-state index contributed by atoms with van der Waals surface area (Å²) < 4.78 is 21.2. The summed E-state index contributed by atoms with van der Waals surface area (Å²) in [6.07, 6.45) is 0. The molecule has 0 aliphatic carbocycles. The molecule has 8 nitrogen and oxygen atoms in total. The number of hydrogen-bond acceptors (Lipinski definition) is 7. The minimum Gasteiger partial charge on any atom is -0.497 e. The lowest BCUT2D eigenvalue weighted by Crippen LogP contribution is -2.32. The Bertz CT molecular complexity index is 992. The molecular weight excluding hydrogens is 352 g/mol. The minimum absolute atomic E-state index is 0.0194. The van der Waals surface area contributed by atoms with Gasteiger partial charge in [-0.15, -0.1) is 0 Å². The number of methoxy groups -OCH3 is 3. The Morgan fingerprint density at radius 3 is 2.56 bits per heavy atom. The Labute approximate surface area is 155 Å². The number of aromatic nitrogens is 1. The Balaban J connectivity index is 2.37. The van der Waals surface area contributed by atoms with Gasteiger partial charge in [0.1, 0.15) is 22.8 Å². The fraction of sp³-hybridized carbons (Fsp3) is 0.263. The molecule has 0 radical (unpaired) electrons. The van der Waals surface area contributed by atoms with E-state index in [1.54, 1.807) is 31.2 Å². The van der Waals surface area contributed by atoms with Crippen LogP contribution in [0.4, 0.5) is 0 Å². The lowest BCUT2D eigenvalue weighted by Gasteiger charge is -2.28. The second kappa shape index (κ2) is 7.06. The van der Waals surface area contributed by atoms with E-state index in [0.717, 1.165) is 0 Å². The summed E-state index contributed by atoms with van der Waals surface area (Å²) in [5, 5.41) is 0. The van der Waals surface area contributed by atoms with Crippen LogP contribution in [0.1, 0.15) is 22.7 Å². The van der Waals surface area contributed by atoms with Gasteiger partial charge in [0.25, 0.3) is 5.56 Å². The molecule has 1 atom stereocenters. The number of hydrogen-bond donors (Lipinski definition) is 2. The van der Waals surface area contributed by atoms with Crippen LogP contribution in [-0.4, -0.2) is 32.3 Å². The highest BCUT2D eigenvalue weighted by atomic mass is 16.5. The number of nitrogens with one attached hydrogen (secondary N) is 1. The maximum atomic E-state index is 12.8. The van der Waals surface area contributed by atoms with Crippen molar-refractivity contribution < 1.29 is 23.7 Å². The third kappa shape index (κ3) is 3.10. The van der Waals surface area contributed by atoms with Crippen molar-refractivity contribution in [1.82, 2.24) is 4.98 Å². The lowest BCUT2D eigenvalue weighted by atomic mass is 9.83. The first-order valence-electron chi connectivity index (χ1n) is 8.12. The molecule has 27 heavy (non-hydrogen) atoms. The van der Waals surface area contributed by atoms with Crippen molar-refractivity contribution in [2.75, 3.05) is 21.3 Å². The number of rotatable bonds is 4. The molecule has 1 aromatic carbocycles. The van der Waals surface area contributed by atoms with Crippen LogP contribution in [0.15, 0.2) is 40.5 Å². The van der Waals surface area contributed by atoms with Crippen LogP contribution in [0.3, 0.4) is 0 Å². The summed E-state index contributed by atoms with van der Waals surface area (Å²) in [5.74, 6) is -0.415. The van der Waals surface area contributed by atoms with Crippen LogP contribution >= 0.6 is 0 Å². The highest BCUT2D eigenvalue weighted by Crippen LogP contribution is 2.44. The van der Waals surface area contributed by atoms with E-state index >= 15 is 0 Å². The van der Waals surface area contributed by atoms with Crippen molar-refractivity contribution in [1.29, 1.82) is 0 Å². The largest absolute Gasteiger partial charge is 0.497 e. The molecule has 0 bridgehead atoms. The molecule has 1 aliphatic rings. The van der Waals surface area contributed by atoms with Gasteiger partial charge in [-0.1, -0.05) is 0 Å². The third-order valence-corrected chi connectivity index (χ3v) is 4.38. The number of carbonyl (C=O) groups excluding carboxylic acids is 1. The maximum Gasteiger partial charge on any atom is 0.340 e. The standard InChI is InChI=1S/C19H20N2O6/c1-9-7-13-15(18(22)21-9)14(16(17(20)27-13)19(23)26-4)11-8-10(24-2)5-6-12(11)25-3/h5-8,14H,20H2,1-4H3,(H,21,22)/t14-/m1/s1. The molecule has 142 valence electrons. The van der Waals surface area contributed by atoms with E-state index in [4.69, 9.17) is 24.7 Å². The van der Waals surface area contributed by atoms with Crippen LogP contribution in [0.25, 0.3) is 0 Å². The molecule has 3 rings (SSSR count). The number of benzene rings is 1. The normalized spacial score (nSPS) is 15.6. The molecule has 0 saturated heterocycles. The van der Waals surface area contributed by atoms with Gasteiger partial charge in [0.15, 0.2) is 0 Å². The molecule has 0 saturated carbocycles. The number of carbonyl (C=O) groups is 1. The summed E-state index contributed by atoms with van der Waals surface area (Å²) in [7, 11) is 4.25. The van der Waals surface area contributed by atoms with Crippen LogP contribution in [0.2, 0.25) is 0 Å². The van der Waals surface area contributed by atoms with Gasteiger partial charge in [-0.2, -0.15) is 0 Å². The predicted octanol–water partition coefficient (Wildman–Crippen LogP) is 1.57. The zero-order chi connectivity index (χ0) is 19.7. The van der Waals surface area contributed by atoms with E-state index in [1.165, 1.54) is 21.3 Å². The molecule has 2 aromatic rings. The zero-order valence-corrected chi connectivity index (χ0v) is 15.4. The van der Waals surface area contributed by atoms with Gasteiger partial charge >= 0.3 is 5.97 Å². The number of nitrogens with two attached hydrogens (primary N) is 1. The minimum atomic E-state index is -0.851. The number of ether oxygens (including phenoxy) is 4. The smallest absolute Gasteiger partial charge is 0.340 e. The van der Waals surface area contributed by atoms with Crippen molar-refractivity contribution in [3.05, 3.63) is 62.9 Å². The third-order valence-electron chi connectivity index (χ3n) is 4.38. The molecule has 1 aromatic heterocycles. The van der Waals surface area contributed by atoms with Crippen LogP contribution < -0.4 is 25.5 Å². The molecule has 3 N–H and O–H groups in total. The SMILES string of the molecule is COC(=O)C1=C(N)Oc2cc(C)[nH]c(=O)c2[C@H]1c1cc(OC)ccc1OC. The van der Waals surface area contributed by atoms with Crippen LogP contribution in [-0.2, 0) is 9.53 Å². The van der Waals surface area contributed by atoms with E-state index in [-0.39, 0.29) is 22.8 Å². The molecule has 0 unspecified atom stereocenters. The number of esters is 1. The van der Waals surface area contributed by atoms with Gasteiger partial charge in [0.05, 0.1) is 32.8 Å². The maximum absolute atomic E-state index is 12.8. The fourth-order valence-electron chi connectivity index (χ4n) is 3.19. The Morgan fingerprint density at radius 1 is 1.19 bits per heavy atom. The topological polar surface area (TPSA) is 113 Å². The average molecular weight is 372 g/mol. The number of fused-ring (bicyclic) bond motifs is 1. The summed E-state index contributed by atoms with van der Waals surface area (Å²) in [5.41, 5.74) is 7.02. The number of aryl methyl sites for hydroxylation is 1. The molecule has 0 amide bonds. The molecule has 8 heteroatoms. The first kappa shape index (κ1) is 18.4. The molecular formula is C19H20N2O6. The quantitative estimate of drug-likeness (QED) is 0.783. The first-order valence-corrected chi connectivity index (χ1v) is 8.12. The number of aromatic amines is 1.